The summed E-state index contributed by atoms with van der Waals surface area (Å²) < 4.78 is 0. The minimum absolute atomic E-state index is 0.162. The van der Waals surface area contributed by atoms with Gasteiger partial charge in [-0.25, -0.2) is 5.84 Å². The largest absolute Gasteiger partial charge is 0.329 e. The summed E-state index contributed by atoms with van der Waals surface area (Å²) >= 11 is 0. The standard InChI is InChI=1S/C7H17N3O/c1-3-7(4-2,5-8)6(11)10-9/h3-5,8-9H2,1-2H3,(H,10,11). The average Bonchev–Trinajstić information content (AvgIpc) is 2.08. The highest BCUT2D eigenvalue weighted by molar-refractivity contribution is 5.82. The Morgan fingerprint density at radius 1 is 1.45 bits per heavy atom. The number of carbonyl (C=O) groups is 1. The summed E-state index contributed by atoms with van der Waals surface area (Å²) in [6, 6.07) is 0. The molecule has 0 unspecified atom stereocenters. The van der Waals surface area contributed by atoms with Crippen LogP contribution in [0.25, 0.3) is 0 Å². The van der Waals surface area contributed by atoms with Crippen LogP contribution in [0.2, 0.25) is 0 Å². The van der Waals surface area contributed by atoms with Crippen molar-refractivity contribution in [3.63, 3.8) is 0 Å². The van der Waals surface area contributed by atoms with E-state index in [4.69, 9.17) is 11.6 Å². The zero-order valence-corrected chi connectivity index (χ0v) is 7.18. The van der Waals surface area contributed by atoms with Gasteiger partial charge in [0.1, 0.15) is 0 Å². The predicted octanol–water partition coefficient (Wildman–Crippen LogP) is -0.259. The first-order valence-electron chi connectivity index (χ1n) is 3.88. The van der Waals surface area contributed by atoms with Crippen LogP contribution in [0.4, 0.5) is 0 Å². The molecule has 11 heavy (non-hydrogen) atoms. The Morgan fingerprint density at radius 2 is 1.91 bits per heavy atom. The molecule has 0 spiro atoms. The van der Waals surface area contributed by atoms with Crippen LogP contribution in [0, 0.1) is 5.41 Å². The molecule has 0 aliphatic carbocycles. The van der Waals surface area contributed by atoms with Gasteiger partial charge < -0.3 is 5.73 Å². The molecule has 5 N–H and O–H groups in total. The van der Waals surface area contributed by atoms with Crippen LogP contribution in [0.3, 0.4) is 0 Å². The van der Waals surface area contributed by atoms with Crippen molar-refractivity contribution >= 4 is 5.91 Å². The molecule has 0 aliphatic rings. The van der Waals surface area contributed by atoms with Gasteiger partial charge in [-0.3, -0.25) is 10.2 Å². The molecule has 4 heteroatoms. The van der Waals surface area contributed by atoms with Crippen molar-refractivity contribution in [2.45, 2.75) is 26.7 Å². The second-order valence-electron chi connectivity index (χ2n) is 2.67. The molecule has 0 aromatic heterocycles. The molecule has 0 saturated heterocycles. The van der Waals surface area contributed by atoms with E-state index in [2.05, 4.69) is 5.43 Å². The normalized spacial score (nSPS) is 11.3. The highest BCUT2D eigenvalue weighted by atomic mass is 16.2. The summed E-state index contributed by atoms with van der Waals surface area (Å²) in [5, 5.41) is 0. The topological polar surface area (TPSA) is 81.1 Å². The number of hydrogen-bond acceptors (Lipinski definition) is 3. The van der Waals surface area contributed by atoms with E-state index in [1.165, 1.54) is 0 Å². The molecule has 4 nitrogen and oxygen atoms in total. The SMILES string of the molecule is CCC(CC)(CN)C(=O)NN. The molecule has 0 atom stereocenters. The number of amides is 1. The molecular formula is C7H17N3O. The van der Waals surface area contributed by atoms with Crippen molar-refractivity contribution < 1.29 is 4.79 Å². The van der Waals surface area contributed by atoms with Gasteiger partial charge in [0.05, 0.1) is 5.41 Å². The number of carbonyl (C=O) groups excluding carboxylic acids is 1. The Hall–Kier alpha value is -0.610. The highest BCUT2D eigenvalue weighted by Crippen LogP contribution is 2.24. The fourth-order valence-corrected chi connectivity index (χ4v) is 1.11. The monoisotopic (exact) mass is 159 g/mol. The van der Waals surface area contributed by atoms with E-state index < -0.39 is 5.41 Å². The third-order valence-corrected chi connectivity index (χ3v) is 2.36. The average molecular weight is 159 g/mol. The van der Waals surface area contributed by atoms with E-state index in [-0.39, 0.29) is 5.91 Å². The van der Waals surface area contributed by atoms with Crippen molar-refractivity contribution in [1.29, 1.82) is 0 Å². The smallest absolute Gasteiger partial charge is 0.241 e. The van der Waals surface area contributed by atoms with Crippen molar-refractivity contribution in [1.82, 2.24) is 5.43 Å². The number of hydrazine groups is 1. The second kappa shape index (κ2) is 4.31. The van der Waals surface area contributed by atoms with Gasteiger partial charge in [-0.2, -0.15) is 0 Å². The summed E-state index contributed by atoms with van der Waals surface area (Å²) in [7, 11) is 0. The van der Waals surface area contributed by atoms with E-state index in [0.29, 0.717) is 6.54 Å². The maximum atomic E-state index is 11.2. The Labute approximate surface area is 67.3 Å². The van der Waals surface area contributed by atoms with Crippen LogP contribution in [-0.2, 0) is 4.79 Å². The summed E-state index contributed by atoms with van der Waals surface area (Å²) in [4.78, 5) is 11.2. The number of nitrogens with two attached hydrogens (primary N) is 2. The number of hydrogen-bond donors (Lipinski definition) is 3. The lowest BCUT2D eigenvalue weighted by Crippen LogP contribution is -2.47. The van der Waals surface area contributed by atoms with Crippen LogP contribution < -0.4 is 17.0 Å². The second-order valence-corrected chi connectivity index (χ2v) is 2.67. The molecule has 0 radical (unpaired) electrons. The minimum Gasteiger partial charge on any atom is -0.329 e. The van der Waals surface area contributed by atoms with Crippen LogP contribution >= 0.6 is 0 Å². The zero-order valence-electron chi connectivity index (χ0n) is 7.18. The molecule has 0 heterocycles. The molecule has 0 aromatic rings. The van der Waals surface area contributed by atoms with Crippen LogP contribution in [0.5, 0.6) is 0 Å². The minimum atomic E-state index is -0.464. The maximum absolute atomic E-state index is 11.2. The third kappa shape index (κ3) is 1.91. The lowest BCUT2D eigenvalue weighted by molar-refractivity contribution is -0.131. The summed E-state index contributed by atoms with van der Waals surface area (Å²) in [5.41, 5.74) is 7.17. The van der Waals surface area contributed by atoms with Crippen LogP contribution in [0.15, 0.2) is 0 Å². The Morgan fingerprint density at radius 3 is 2.00 bits per heavy atom. The molecular weight excluding hydrogens is 142 g/mol. The lowest BCUT2D eigenvalue weighted by atomic mass is 9.82. The van der Waals surface area contributed by atoms with E-state index >= 15 is 0 Å². The molecule has 0 rings (SSSR count). The first kappa shape index (κ1) is 10.4. The third-order valence-electron chi connectivity index (χ3n) is 2.36. The molecule has 0 saturated carbocycles. The summed E-state index contributed by atoms with van der Waals surface area (Å²) in [6.45, 7) is 4.22. The van der Waals surface area contributed by atoms with Gasteiger partial charge in [0.25, 0.3) is 0 Å². The summed E-state index contributed by atoms with van der Waals surface area (Å²) in [6.07, 6.45) is 1.45. The Bertz CT molecular complexity index is 123. The van der Waals surface area contributed by atoms with E-state index in [9.17, 15) is 4.79 Å². The van der Waals surface area contributed by atoms with Gasteiger partial charge in [-0.1, -0.05) is 13.8 Å². The molecule has 0 aromatic carbocycles. The Balaban J connectivity index is 4.39. The Kier molecular flexibility index (Phi) is 4.07. The lowest BCUT2D eigenvalue weighted by Gasteiger charge is -2.27. The van der Waals surface area contributed by atoms with Crippen molar-refractivity contribution in [3.8, 4) is 0 Å². The quantitative estimate of drug-likeness (QED) is 0.300. The van der Waals surface area contributed by atoms with Crippen molar-refractivity contribution in [2.24, 2.45) is 17.0 Å². The van der Waals surface area contributed by atoms with Gasteiger partial charge in [0.15, 0.2) is 0 Å². The highest BCUT2D eigenvalue weighted by Gasteiger charge is 2.32. The fourth-order valence-electron chi connectivity index (χ4n) is 1.11. The predicted molar refractivity (Wildman–Crippen MR) is 44.4 cm³/mol. The van der Waals surface area contributed by atoms with Crippen LogP contribution in [-0.4, -0.2) is 12.5 Å². The van der Waals surface area contributed by atoms with Gasteiger partial charge in [0, 0.05) is 6.54 Å². The summed E-state index contributed by atoms with van der Waals surface area (Å²) in [5.74, 6) is 4.87. The van der Waals surface area contributed by atoms with E-state index in [1.54, 1.807) is 0 Å². The van der Waals surface area contributed by atoms with Crippen molar-refractivity contribution in [2.75, 3.05) is 6.54 Å². The van der Waals surface area contributed by atoms with Gasteiger partial charge in [-0.05, 0) is 12.8 Å². The zero-order chi connectivity index (χ0) is 8.91. The maximum Gasteiger partial charge on any atom is 0.241 e. The molecule has 66 valence electrons. The molecule has 1 amide bonds. The van der Waals surface area contributed by atoms with E-state index in [1.807, 2.05) is 13.8 Å². The number of nitrogens with one attached hydrogen (secondary N) is 1. The van der Waals surface area contributed by atoms with Gasteiger partial charge in [-0.15, -0.1) is 0 Å². The fraction of sp³-hybridized carbons (Fsp3) is 0.857. The first-order chi connectivity index (χ1) is 5.16. The van der Waals surface area contributed by atoms with Crippen molar-refractivity contribution in [3.05, 3.63) is 0 Å². The molecule has 0 bridgehead atoms. The van der Waals surface area contributed by atoms with Gasteiger partial charge >= 0.3 is 0 Å². The van der Waals surface area contributed by atoms with Crippen LogP contribution in [0.1, 0.15) is 26.7 Å². The van der Waals surface area contributed by atoms with E-state index in [0.717, 1.165) is 12.8 Å². The number of rotatable bonds is 4. The molecule has 0 fully saturated rings. The first-order valence-corrected chi connectivity index (χ1v) is 3.88. The van der Waals surface area contributed by atoms with Gasteiger partial charge in [0.2, 0.25) is 5.91 Å². The molecule has 0 aliphatic heterocycles.